The second-order valence-corrected chi connectivity index (χ2v) is 10.8. The molecule has 3 amide bonds. The lowest BCUT2D eigenvalue weighted by Crippen LogP contribution is -2.32. The zero-order valence-electron chi connectivity index (χ0n) is 21.6. The fraction of sp³-hybridized carbons (Fsp3) is 0.0690. The van der Waals surface area contributed by atoms with E-state index in [0.29, 0.717) is 33.8 Å². The lowest BCUT2D eigenvalue weighted by Gasteiger charge is -2.16. The van der Waals surface area contributed by atoms with Gasteiger partial charge in [-0.05, 0) is 61.0 Å². The van der Waals surface area contributed by atoms with E-state index in [0.717, 1.165) is 4.90 Å². The molecule has 4 aromatic rings. The second-order valence-electron chi connectivity index (χ2n) is 9.05. The van der Waals surface area contributed by atoms with Gasteiger partial charge in [0.05, 0.1) is 17.7 Å². The van der Waals surface area contributed by atoms with E-state index in [-0.39, 0.29) is 21.7 Å². The van der Waals surface area contributed by atoms with Gasteiger partial charge in [-0.2, -0.15) is 0 Å². The van der Waals surface area contributed by atoms with Gasteiger partial charge in [0, 0.05) is 27.7 Å². The van der Waals surface area contributed by atoms with Crippen LogP contribution in [-0.2, 0) is 19.7 Å². The van der Waals surface area contributed by atoms with Gasteiger partial charge >= 0.3 is 0 Å². The average molecular weight is 591 g/mol. The summed E-state index contributed by atoms with van der Waals surface area (Å²) >= 11 is 6.27. The summed E-state index contributed by atoms with van der Waals surface area (Å²) in [5.41, 5.74) is 1.68. The molecule has 0 radical (unpaired) electrons. The third-order valence-electron chi connectivity index (χ3n) is 6.52. The quantitative estimate of drug-likeness (QED) is 0.232. The van der Waals surface area contributed by atoms with E-state index in [1.807, 2.05) is 0 Å². The van der Waals surface area contributed by atoms with E-state index in [4.69, 9.17) is 16.3 Å². The first-order valence-corrected chi connectivity index (χ1v) is 13.9. The number of ether oxygens (including phenoxy) is 1. The first-order valence-electron chi connectivity index (χ1n) is 12.1. The maximum absolute atomic E-state index is 13.2. The third kappa shape index (κ3) is 5.25. The van der Waals surface area contributed by atoms with Gasteiger partial charge in [-0.25, -0.2) is 13.3 Å². The number of rotatable bonds is 7. The number of halogens is 1. The van der Waals surface area contributed by atoms with E-state index in [1.54, 1.807) is 55.5 Å². The smallest absolute Gasteiger partial charge is 0.283 e. The van der Waals surface area contributed by atoms with Gasteiger partial charge in [-0.15, -0.1) is 0 Å². The molecule has 41 heavy (non-hydrogen) atoms. The molecule has 0 spiro atoms. The van der Waals surface area contributed by atoms with Crippen LogP contribution in [0.1, 0.15) is 15.9 Å². The van der Waals surface area contributed by atoms with Crippen molar-refractivity contribution in [2.24, 2.45) is 0 Å². The van der Waals surface area contributed by atoms with Crippen LogP contribution < -0.4 is 20.3 Å². The molecule has 12 heteroatoms. The Hall–Kier alpha value is -4.71. The number of nitrogens with zero attached hydrogens (tertiary/aromatic N) is 1. The number of amides is 3. The first-order chi connectivity index (χ1) is 19.5. The topological polar surface area (TPSA) is 145 Å². The van der Waals surface area contributed by atoms with Gasteiger partial charge in [0.2, 0.25) is 0 Å². The maximum atomic E-state index is 13.2. The number of anilines is 3. The van der Waals surface area contributed by atoms with Crippen LogP contribution in [0.2, 0.25) is 0 Å². The molecule has 0 aliphatic carbocycles. The molecule has 4 aromatic carbocycles. The Morgan fingerprint density at radius 2 is 1.59 bits per heavy atom. The summed E-state index contributed by atoms with van der Waals surface area (Å²) in [5, 5.41) is 5.89. The second kappa shape index (κ2) is 10.7. The van der Waals surface area contributed by atoms with E-state index < -0.39 is 32.7 Å². The molecule has 1 heterocycles. The summed E-state index contributed by atoms with van der Waals surface area (Å²) in [5.74, 6) is -1.36. The highest BCUT2D eigenvalue weighted by Crippen LogP contribution is 2.33. The number of fused-ring (bicyclic) bond motifs is 1. The minimum absolute atomic E-state index is 0.145. The Balaban J connectivity index is 1.41. The Morgan fingerprint density at radius 1 is 0.902 bits per heavy atom. The Kier molecular flexibility index (Phi) is 7.26. The Bertz CT molecular complexity index is 1890. The molecule has 1 aliphatic rings. The lowest BCUT2D eigenvalue weighted by atomic mass is 10.1. The van der Waals surface area contributed by atoms with Crippen molar-refractivity contribution in [3.63, 3.8) is 0 Å². The van der Waals surface area contributed by atoms with E-state index in [2.05, 4.69) is 10.6 Å². The van der Waals surface area contributed by atoms with Crippen LogP contribution in [0.4, 0.5) is 17.1 Å². The number of aryl methyl sites for hydroxylation is 1. The van der Waals surface area contributed by atoms with Crippen molar-refractivity contribution in [2.75, 3.05) is 22.6 Å². The molecular weight excluding hydrogens is 570 g/mol. The van der Waals surface area contributed by atoms with Gasteiger partial charge in [-0.3, -0.25) is 14.4 Å². The molecule has 0 aromatic heterocycles. The SMILES string of the molecule is COc1ccc(N2C(=O)C(Cl)=C(Nc3cc(C(=O)Nc4cccc5c(S(=O)(=O)[O-])cccc45)ccc3C)C2=O)cc1. The van der Waals surface area contributed by atoms with Crippen LogP contribution in [0, 0.1) is 6.92 Å². The van der Waals surface area contributed by atoms with Crippen LogP contribution in [0.15, 0.2) is 94.5 Å². The fourth-order valence-corrected chi connectivity index (χ4v) is 5.32. The molecule has 0 bridgehead atoms. The third-order valence-corrected chi connectivity index (χ3v) is 7.76. The Morgan fingerprint density at radius 3 is 2.27 bits per heavy atom. The normalized spacial score (nSPS) is 13.6. The average Bonchev–Trinajstić information content (AvgIpc) is 3.16. The number of benzene rings is 4. The molecular formula is C29H21ClN3O7S-. The van der Waals surface area contributed by atoms with Gasteiger partial charge in [-0.1, -0.05) is 41.9 Å². The van der Waals surface area contributed by atoms with Crippen molar-refractivity contribution in [3.05, 3.63) is 101 Å². The minimum atomic E-state index is -4.73. The standard InChI is InChI=1S/C29H22ClN3O7S/c1-16-9-10-17(27(34)32-22-7-3-6-21-20(22)5-4-8-24(21)41(37,38)39)15-23(16)31-26-25(30)28(35)33(29(26)36)18-11-13-19(40-2)14-12-18/h3-15,31H,1-2H3,(H,32,34)(H,37,38,39)/p-1. The van der Waals surface area contributed by atoms with Gasteiger partial charge in [0.15, 0.2) is 0 Å². The van der Waals surface area contributed by atoms with Crippen molar-refractivity contribution in [1.29, 1.82) is 0 Å². The van der Waals surface area contributed by atoms with Crippen LogP contribution in [0.3, 0.4) is 0 Å². The summed E-state index contributed by atoms with van der Waals surface area (Å²) in [6.45, 7) is 1.75. The molecule has 0 unspecified atom stereocenters. The highest BCUT2D eigenvalue weighted by atomic mass is 35.5. The largest absolute Gasteiger partial charge is 0.744 e. The number of carbonyl (C=O) groups is 3. The zero-order chi connectivity index (χ0) is 29.5. The summed E-state index contributed by atoms with van der Waals surface area (Å²) < 4.78 is 40.2. The van der Waals surface area contributed by atoms with E-state index in [9.17, 15) is 27.4 Å². The van der Waals surface area contributed by atoms with Crippen LogP contribution in [-0.4, -0.2) is 37.8 Å². The zero-order valence-corrected chi connectivity index (χ0v) is 23.2. The highest BCUT2D eigenvalue weighted by Gasteiger charge is 2.39. The molecule has 10 nitrogen and oxygen atoms in total. The van der Waals surface area contributed by atoms with Gasteiger partial charge < -0.3 is 19.9 Å². The molecule has 0 saturated carbocycles. The molecule has 0 atom stereocenters. The van der Waals surface area contributed by atoms with Gasteiger partial charge in [0.25, 0.3) is 17.7 Å². The van der Waals surface area contributed by atoms with Gasteiger partial charge in [0.1, 0.15) is 26.6 Å². The summed E-state index contributed by atoms with van der Waals surface area (Å²) in [7, 11) is -3.24. The van der Waals surface area contributed by atoms with Crippen molar-refractivity contribution in [2.45, 2.75) is 11.8 Å². The van der Waals surface area contributed by atoms with Crippen LogP contribution in [0.5, 0.6) is 5.75 Å². The minimum Gasteiger partial charge on any atom is -0.744 e. The molecule has 0 fully saturated rings. The molecule has 5 rings (SSSR count). The number of hydrogen-bond acceptors (Lipinski definition) is 8. The molecule has 0 saturated heterocycles. The maximum Gasteiger partial charge on any atom is 0.283 e. The predicted octanol–water partition coefficient (Wildman–Crippen LogP) is 4.75. The van der Waals surface area contributed by atoms with Crippen molar-refractivity contribution in [3.8, 4) is 5.75 Å². The Labute approximate surface area is 239 Å². The summed E-state index contributed by atoms with van der Waals surface area (Å²) in [4.78, 5) is 39.8. The molecule has 1 aliphatic heterocycles. The van der Waals surface area contributed by atoms with E-state index in [1.165, 1.54) is 37.4 Å². The predicted molar refractivity (Wildman–Crippen MR) is 153 cm³/mol. The number of carbonyl (C=O) groups excluding carboxylic acids is 3. The van der Waals surface area contributed by atoms with Crippen molar-refractivity contribution < 1.29 is 32.1 Å². The summed E-state index contributed by atoms with van der Waals surface area (Å²) in [6.07, 6.45) is 0. The number of hydrogen-bond donors (Lipinski definition) is 2. The van der Waals surface area contributed by atoms with E-state index >= 15 is 0 Å². The summed E-state index contributed by atoms with van der Waals surface area (Å²) in [6, 6.07) is 19.9. The highest BCUT2D eigenvalue weighted by molar-refractivity contribution is 7.86. The lowest BCUT2D eigenvalue weighted by molar-refractivity contribution is -0.120. The molecule has 2 N–H and O–H groups in total. The first kappa shape index (κ1) is 27.8. The fourth-order valence-electron chi connectivity index (χ4n) is 4.41. The molecule has 208 valence electrons. The van der Waals surface area contributed by atoms with Crippen molar-refractivity contribution in [1.82, 2.24) is 0 Å². The van der Waals surface area contributed by atoms with Crippen LogP contribution in [0.25, 0.3) is 10.8 Å². The number of methoxy groups -OCH3 is 1. The monoisotopic (exact) mass is 590 g/mol. The number of imide groups is 1. The van der Waals surface area contributed by atoms with Crippen LogP contribution >= 0.6 is 11.6 Å². The number of nitrogens with one attached hydrogen (secondary N) is 2. The van der Waals surface area contributed by atoms with Crippen molar-refractivity contribution >= 4 is 67.3 Å².